The van der Waals surface area contributed by atoms with Crippen molar-refractivity contribution >= 4 is 17.2 Å². The Morgan fingerprint density at radius 2 is 1.74 bits per heavy atom. The molecule has 0 bridgehead atoms. The molecule has 0 radical (unpaired) electrons. The van der Waals surface area contributed by atoms with Gasteiger partial charge < -0.3 is 9.47 Å². The lowest BCUT2D eigenvalue weighted by Gasteiger charge is -2.17. The van der Waals surface area contributed by atoms with Crippen LogP contribution in [0.4, 0.5) is 4.39 Å². The minimum absolute atomic E-state index is 0.123. The summed E-state index contributed by atoms with van der Waals surface area (Å²) < 4.78 is 14.7. The second-order valence-electron chi connectivity index (χ2n) is 6.46. The predicted octanol–water partition coefficient (Wildman–Crippen LogP) is 3.87. The van der Waals surface area contributed by atoms with Gasteiger partial charge in [0, 0.05) is 25.8 Å². The molecule has 1 amide bonds. The number of hydrogen-bond donors (Lipinski definition) is 0. The van der Waals surface area contributed by atoms with Crippen molar-refractivity contribution in [3.05, 3.63) is 91.8 Å². The Bertz CT molecular complexity index is 978. The van der Waals surface area contributed by atoms with Gasteiger partial charge in [0.2, 0.25) is 0 Å². The number of amides is 1. The molecule has 0 unspecified atom stereocenters. The van der Waals surface area contributed by atoms with E-state index in [1.807, 2.05) is 37.3 Å². The Labute approximate surface area is 161 Å². The first-order valence-corrected chi connectivity index (χ1v) is 9.51. The van der Waals surface area contributed by atoms with Crippen molar-refractivity contribution < 1.29 is 9.18 Å². The maximum atomic E-state index is 13.0. The Morgan fingerprint density at radius 1 is 1.07 bits per heavy atom. The van der Waals surface area contributed by atoms with Gasteiger partial charge in [0.1, 0.15) is 10.7 Å². The monoisotopic (exact) mass is 384 g/mol. The van der Waals surface area contributed by atoms with Crippen LogP contribution in [0.5, 0.6) is 0 Å². The largest absolute Gasteiger partial charge is 0.337 e. The maximum absolute atomic E-state index is 13.0. The molecular formula is C21H21FN2O2S. The highest BCUT2D eigenvalue weighted by Crippen LogP contribution is 2.17. The minimum atomic E-state index is -0.308. The van der Waals surface area contributed by atoms with Crippen molar-refractivity contribution in [2.75, 3.05) is 7.05 Å². The molecule has 0 aliphatic rings. The molecule has 140 valence electrons. The van der Waals surface area contributed by atoms with Crippen LogP contribution in [0.3, 0.4) is 0 Å². The first-order chi connectivity index (χ1) is 13.0. The molecule has 4 nitrogen and oxygen atoms in total. The fraction of sp³-hybridized carbons (Fsp3) is 0.238. The molecule has 2 aromatic carbocycles. The quantitative estimate of drug-likeness (QED) is 0.647. The molecule has 0 aliphatic carbocycles. The molecule has 1 heterocycles. The van der Waals surface area contributed by atoms with Crippen LogP contribution < -0.4 is 4.87 Å². The third-order valence-corrected chi connectivity index (χ3v) is 5.55. The van der Waals surface area contributed by atoms with Crippen LogP contribution in [0.25, 0.3) is 0 Å². The van der Waals surface area contributed by atoms with Crippen LogP contribution in [0, 0.1) is 12.7 Å². The summed E-state index contributed by atoms with van der Waals surface area (Å²) in [5.74, 6) is -0.505. The second-order valence-corrected chi connectivity index (χ2v) is 7.42. The van der Waals surface area contributed by atoms with Crippen LogP contribution in [0.2, 0.25) is 0 Å². The van der Waals surface area contributed by atoms with E-state index in [1.165, 1.54) is 12.1 Å². The molecule has 0 saturated carbocycles. The van der Waals surface area contributed by atoms with E-state index in [-0.39, 0.29) is 16.6 Å². The highest BCUT2D eigenvalue weighted by molar-refractivity contribution is 7.11. The van der Waals surface area contributed by atoms with Gasteiger partial charge in [0.05, 0.1) is 0 Å². The van der Waals surface area contributed by atoms with Crippen molar-refractivity contribution in [1.82, 2.24) is 9.47 Å². The van der Waals surface area contributed by atoms with Gasteiger partial charge in [-0.15, -0.1) is 0 Å². The lowest BCUT2D eigenvalue weighted by Crippen LogP contribution is -2.26. The molecule has 3 rings (SSSR count). The summed E-state index contributed by atoms with van der Waals surface area (Å²) in [6, 6.07) is 16.0. The normalized spacial score (nSPS) is 10.8. The summed E-state index contributed by atoms with van der Waals surface area (Å²) in [5, 5.41) is 0. The average Bonchev–Trinajstić information content (AvgIpc) is 2.96. The van der Waals surface area contributed by atoms with Gasteiger partial charge >= 0.3 is 4.87 Å². The highest BCUT2D eigenvalue weighted by Gasteiger charge is 2.21. The molecule has 0 atom stereocenters. The van der Waals surface area contributed by atoms with E-state index >= 15 is 0 Å². The summed E-state index contributed by atoms with van der Waals surface area (Å²) >= 11 is 0.982. The molecule has 1 aromatic heterocycles. The molecule has 0 N–H and O–H groups in total. The summed E-state index contributed by atoms with van der Waals surface area (Å²) in [5.41, 5.74) is 2.67. The molecule has 3 aromatic rings. The van der Waals surface area contributed by atoms with Crippen LogP contribution in [-0.4, -0.2) is 22.4 Å². The predicted molar refractivity (Wildman–Crippen MR) is 106 cm³/mol. The van der Waals surface area contributed by atoms with Crippen LogP contribution in [0.1, 0.15) is 26.5 Å². The van der Waals surface area contributed by atoms with Crippen molar-refractivity contribution in [3.63, 3.8) is 0 Å². The first kappa shape index (κ1) is 19.0. The van der Waals surface area contributed by atoms with Crippen LogP contribution in [0.15, 0.2) is 59.4 Å². The van der Waals surface area contributed by atoms with Gasteiger partial charge in [-0.25, -0.2) is 4.39 Å². The number of rotatable bonds is 6. The number of halogens is 1. The van der Waals surface area contributed by atoms with Crippen LogP contribution in [-0.2, 0) is 19.5 Å². The molecule has 0 aliphatic heterocycles. The molecule has 0 fully saturated rings. The van der Waals surface area contributed by atoms with E-state index in [0.29, 0.717) is 23.7 Å². The second kappa shape index (κ2) is 8.31. The lowest BCUT2D eigenvalue weighted by atomic mass is 10.1. The van der Waals surface area contributed by atoms with E-state index in [9.17, 15) is 14.0 Å². The summed E-state index contributed by atoms with van der Waals surface area (Å²) in [7, 11) is 1.68. The SMILES string of the molecule is Cc1c(C(=O)N(C)Cc2ccc(F)cc2)sc(=O)n1CCc1ccccc1. The van der Waals surface area contributed by atoms with Gasteiger partial charge in [0.15, 0.2) is 0 Å². The number of carbonyl (C=O) groups excluding carboxylic acids is 1. The number of carbonyl (C=O) groups is 1. The molecule has 0 saturated heterocycles. The van der Waals surface area contributed by atoms with Crippen molar-refractivity contribution in [2.45, 2.75) is 26.4 Å². The topological polar surface area (TPSA) is 42.3 Å². The van der Waals surface area contributed by atoms with Crippen molar-refractivity contribution in [3.8, 4) is 0 Å². The fourth-order valence-electron chi connectivity index (χ4n) is 2.93. The van der Waals surface area contributed by atoms with E-state index in [4.69, 9.17) is 0 Å². The highest BCUT2D eigenvalue weighted by atomic mass is 32.1. The smallest absolute Gasteiger partial charge is 0.308 e. The molecule has 27 heavy (non-hydrogen) atoms. The molecular weight excluding hydrogens is 363 g/mol. The standard InChI is InChI=1S/C21H21FN2O2S/c1-15-19(20(25)23(2)14-17-8-10-18(22)11-9-17)27-21(26)24(15)13-12-16-6-4-3-5-7-16/h3-11H,12-14H2,1-2H3. The van der Waals surface area contributed by atoms with Gasteiger partial charge in [0.25, 0.3) is 5.91 Å². The third kappa shape index (κ3) is 4.52. The Kier molecular flexibility index (Phi) is 5.86. The number of aromatic nitrogens is 1. The first-order valence-electron chi connectivity index (χ1n) is 8.70. The Balaban J connectivity index is 1.73. The van der Waals surface area contributed by atoms with Gasteiger partial charge in [-0.2, -0.15) is 0 Å². The summed E-state index contributed by atoms with van der Waals surface area (Å²) in [4.78, 5) is 27.0. The van der Waals surface area contributed by atoms with E-state index in [1.54, 1.807) is 28.6 Å². The minimum Gasteiger partial charge on any atom is -0.337 e. The number of thiazole rings is 1. The van der Waals surface area contributed by atoms with E-state index < -0.39 is 0 Å². The zero-order chi connectivity index (χ0) is 19.4. The number of benzene rings is 2. The zero-order valence-electron chi connectivity index (χ0n) is 15.3. The van der Waals surface area contributed by atoms with Crippen LogP contribution >= 0.6 is 11.3 Å². The average molecular weight is 384 g/mol. The fourth-order valence-corrected chi connectivity index (χ4v) is 3.94. The van der Waals surface area contributed by atoms with Gasteiger partial charge in [-0.05, 0) is 36.6 Å². The third-order valence-electron chi connectivity index (χ3n) is 4.48. The van der Waals surface area contributed by atoms with E-state index in [2.05, 4.69) is 0 Å². The van der Waals surface area contributed by atoms with Crippen molar-refractivity contribution in [1.29, 1.82) is 0 Å². The number of hydrogen-bond acceptors (Lipinski definition) is 3. The Hall–Kier alpha value is -2.73. The zero-order valence-corrected chi connectivity index (χ0v) is 16.1. The van der Waals surface area contributed by atoms with Gasteiger partial charge in [-0.1, -0.05) is 53.8 Å². The maximum Gasteiger partial charge on any atom is 0.308 e. The number of nitrogens with zero attached hydrogens (tertiary/aromatic N) is 2. The van der Waals surface area contributed by atoms with Gasteiger partial charge in [-0.3, -0.25) is 9.59 Å². The number of aryl methyl sites for hydroxylation is 1. The molecule has 6 heteroatoms. The lowest BCUT2D eigenvalue weighted by molar-refractivity contribution is 0.0788. The Morgan fingerprint density at radius 3 is 2.41 bits per heavy atom. The summed E-state index contributed by atoms with van der Waals surface area (Å²) in [6.07, 6.45) is 0.734. The van der Waals surface area contributed by atoms with E-state index in [0.717, 1.165) is 28.9 Å². The van der Waals surface area contributed by atoms with Crippen molar-refractivity contribution in [2.24, 2.45) is 0 Å². The summed E-state index contributed by atoms with van der Waals surface area (Å²) in [6.45, 7) is 2.71. The molecule has 0 spiro atoms.